The van der Waals surface area contributed by atoms with E-state index in [0.717, 1.165) is 24.2 Å². The number of rotatable bonds is 8. The fourth-order valence-corrected chi connectivity index (χ4v) is 1.83. The second-order valence-electron chi connectivity index (χ2n) is 6.82. The van der Waals surface area contributed by atoms with Crippen LogP contribution in [0.25, 0.3) is 0 Å². The van der Waals surface area contributed by atoms with Gasteiger partial charge in [-0.1, -0.05) is 19.4 Å². The molecule has 0 aliphatic carbocycles. The predicted molar refractivity (Wildman–Crippen MR) is 90.7 cm³/mol. The molecule has 0 bridgehead atoms. The second-order valence-corrected chi connectivity index (χ2v) is 6.82. The van der Waals surface area contributed by atoms with Crippen molar-refractivity contribution in [3.63, 3.8) is 0 Å². The normalized spacial score (nSPS) is 12.4. The van der Waals surface area contributed by atoms with Gasteiger partial charge in [-0.2, -0.15) is 0 Å². The summed E-state index contributed by atoms with van der Waals surface area (Å²) in [6.07, 6.45) is 2.07. The Balaban J connectivity index is 2.87. The van der Waals surface area contributed by atoms with Crippen molar-refractivity contribution in [2.24, 2.45) is 0 Å². The smallest absolute Gasteiger partial charge is 0.491 e. The lowest BCUT2D eigenvalue weighted by Gasteiger charge is -2.38. The van der Waals surface area contributed by atoms with Crippen LogP contribution in [0.15, 0.2) is 18.2 Å². The summed E-state index contributed by atoms with van der Waals surface area (Å²) in [7, 11) is -1.12. The van der Waals surface area contributed by atoms with E-state index in [-0.39, 0.29) is 0 Å². The molecule has 0 aliphatic heterocycles. The molecule has 0 radical (unpaired) electrons. The van der Waals surface area contributed by atoms with Crippen molar-refractivity contribution >= 4 is 12.6 Å². The van der Waals surface area contributed by atoms with Crippen molar-refractivity contribution in [2.45, 2.75) is 65.6 Å². The number of unbranched alkanes of at least 4 members (excludes halogenated alkanes) is 1. The molecule has 5 heteroatoms. The molecule has 0 saturated carbocycles. The van der Waals surface area contributed by atoms with Crippen LogP contribution >= 0.6 is 0 Å². The van der Waals surface area contributed by atoms with Crippen LogP contribution in [0.4, 0.5) is 0 Å². The number of hydrogen-bond acceptors (Lipinski definition) is 4. The van der Waals surface area contributed by atoms with Crippen molar-refractivity contribution in [2.75, 3.05) is 6.61 Å². The summed E-state index contributed by atoms with van der Waals surface area (Å²) in [6.45, 7) is 11.6. The fourth-order valence-electron chi connectivity index (χ4n) is 1.83. The first-order chi connectivity index (χ1) is 10.1. The fraction of sp³-hybridized carbons (Fsp3) is 0.647. The van der Waals surface area contributed by atoms with Crippen molar-refractivity contribution in [1.29, 1.82) is 0 Å². The quantitative estimate of drug-likeness (QED) is 0.572. The number of hydrogen-bond donors (Lipinski definition) is 2. The molecule has 1 rings (SSSR count). The van der Waals surface area contributed by atoms with E-state index in [1.54, 1.807) is 33.8 Å². The third-order valence-corrected chi connectivity index (χ3v) is 4.00. The summed E-state index contributed by atoms with van der Waals surface area (Å²) >= 11 is 0. The molecule has 4 nitrogen and oxygen atoms in total. The highest BCUT2D eigenvalue weighted by Crippen LogP contribution is 2.25. The molecule has 1 aromatic carbocycles. The molecule has 0 saturated heterocycles. The highest BCUT2D eigenvalue weighted by atomic mass is 16.5. The van der Waals surface area contributed by atoms with Gasteiger partial charge in [0, 0.05) is 0 Å². The highest BCUT2D eigenvalue weighted by molar-refractivity contribution is 6.60. The van der Waals surface area contributed by atoms with Crippen LogP contribution in [0.1, 0.15) is 53.0 Å². The van der Waals surface area contributed by atoms with Crippen LogP contribution in [0.2, 0.25) is 0 Å². The summed E-state index contributed by atoms with van der Waals surface area (Å²) in [4.78, 5) is 0. The Kier molecular flexibility index (Phi) is 6.47. The van der Waals surface area contributed by atoms with Crippen molar-refractivity contribution in [3.05, 3.63) is 23.8 Å². The van der Waals surface area contributed by atoms with E-state index in [1.165, 1.54) is 0 Å². The Morgan fingerprint density at radius 2 is 1.77 bits per heavy atom. The zero-order chi connectivity index (χ0) is 17.0. The lowest BCUT2D eigenvalue weighted by atomic mass is 9.76. The van der Waals surface area contributed by atoms with Gasteiger partial charge in [-0.15, -0.1) is 0 Å². The van der Waals surface area contributed by atoms with Crippen LogP contribution in [0.3, 0.4) is 0 Å². The van der Waals surface area contributed by atoms with Gasteiger partial charge in [0.15, 0.2) is 0 Å². The second kappa shape index (κ2) is 7.49. The monoisotopic (exact) mass is 308 g/mol. The largest absolute Gasteiger partial charge is 0.494 e. The van der Waals surface area contributed by atoms with Gasteiger partial charge in [0.2, 0.25) is 0 Å². The molecule has 0 heterocycles. The number of benzene rings is 1. The van der Waals surface area contributed by atoms with Crippen molar-refractivity contribution in [3.8, 4) is 5.75 Å². The van der Waals surface area contributed by atoms with Gasteiger partial charge in [0.05, 0.1) is 17.8 Å². The SMILES string of the molecule is CCCCOc1cc(C)cc(B(O)OC(C)(C)C(C)(C)O)c1. The van der Waals surface area contributed by atoms with E-state index in [1.807, 2.05) is 19.1 Å². The van der Waals surface area contributed by atoms with E-state index >= 15 is 0 Å². The zero-order valence-electron chi connectivity index (χ0n) is 14.6. The van der Waals surface area contributed by atoms with E-state index in [2.05, 4.69) is 6.92 Å². The predicted octanol–water partition coefficient (Wildman–Crippen LogP) is 2.43. The minimum Gasteiger partial charge on any atom is -0.494 e. The minimum atomic E-state index is -1.12. The lowest BCUT2D eigenvalue weighted by molar-refractivity contribution is -0.0982. The summed E-state index contributed by atoms with van der Waals surface area (Å²) in [6, 6.07) is 5.58. The van der Waals surface area contributed by atoms with Crippen LogP contribution in [0, 0.1) is 6.92 Å². The van der Waals surface area contributed by atoms with Crippen LogP contribution in [-0.2, 0) is 4.65 Å². The molecule has 0 fully saturated rings. The molecule has 0 amide bonds. The highest BCUT2D eigenvalue weighted by Gasteiger charge is 2.39. The van der Waals surface area contributed by atoms with Gasteiger partial charge in [0.25, 0.3) is 0 Å². The first kappa shape index (κ1) is 19.0. The van der Waals surface area contributed by atoms with Crippen LogP contribution in [-0.4, -0.2) is 35.1 Å². The third kappa shape index (κ3) is 5.31. The molecule has 22 heavy (non-hydrogen) atoms. The summed E-state index contributed by atoms with van der Waals surface area (Å²) < 4.78 is 11.4. The van der Waals surface area contributed by atoms with Crippen molar-refractivity contribution in [1.82, 2.24) is 0 Å². The number of aryl methyl sites for hydroxylation is 1. The van der Waals surface area contributed by atoms with Gasteiger partial charge >= 0.3 is 7.12 Å². The number of aliphatic hydroxyl groups is 1. The van der Waals surface area contributed by atoms with Crippen molar-refractivity contribution < 1.29 is 19.5 Å². The Hall–Kier alpha value is -1.04. The lowest BCUT2D eigenvalue weighted by Crippen LogP contribution is -2.53. The first-order valence-corrected chi connectivity index (χ1v) is 7.89. The van der Waals surface area contributed by atoms with Crippen LogP contribution < -0.4 is 10.2 Å². The van der Waals surface area contributed by atoms with E-state index in [4.69, 9.17) is 9.39 Å². The average molecular weight is 308 g/mol. The molecular formula is C17H29BO4. The third-order valence-electron chi connectivity index (χ3n) is 4.00. The van der Waals surface area contributed by atoms with Gasteiger partial charge in [-0.05, 0) is 64.2 Å². The van der Waals surface area contributed by atoms with Gasteiger partial charge < -0.3 is 19.5 Å². The Morgan fingerprint density at radius 1 is 1.14 bits per heavy atom. The molecule has 2 N–H and O–H groups in total. The molecule has 0 spiro atoms. The first-order valence-electron chi connectivity index (χ1n) is 7.89. The topological polar surface area (TPSA) is 58.9 Å². The molecule has 124 valence electrons. The van der Waals surface area contributed by atoms with E-state index in [0.29, 0.717) is 12.1 Å². The maximum atomic E-state index is 10.4. The van der Waals surface area contributed by atoms with Gasteiger partial charge in [-0.3, -0.25) is 0 Å². The molecule has 1 aromatic rings. The number of ether oxygens (including phenoxy) is 1. The minimum absolute atomic E-state index is 0.629. The average Bonchev–Trinajstić information content (AvgIpc) is 2.36. The Bertz CT molecular complexity index is 480. The molecular weight excluding hydrogens is 279 g/mol. The summed E-state index contributed by atoms with van der Waals surface area (Å²) in [5, 5.41) is 20.5. The Morgan fingerprint density at radius 3 is 2.32 bits per heavy atom. The molecule has 0 atom stereocenters. The maximum absolute atomic E-state index is 10.4. The molecule has 0 aliphatic rings. The molecule has 0 aromatic heterocycles. The van der Waals surface area contributed by atoms with Gasteiger partial charge in [0.1, 0.15) is 5.75 Å². The van der Waals surface area contributed by atoms with E-state index in [9.17, 15) is 10.1 Å². The zero-order valence-corrected chi connectivity index (χ0v) is 14.6. The maximum Gasteiger partial charge on any atom is 0.491 e. The summed E-state index contributed by atoms with van der Waals surface area (Å²) in [5.41, 5.74) is -0.339. The van der Waals surface area contributed by atoms with Gasteiger partial charge in [-0.25, -0.2) is 0 Å². The Labute approximate surface area is 134 Å². The molecule has 0 unspecified atom stereocenters. The van der Waals surface area contributed by atoms with Crippen LogP contribution in [0.5, 0.6) is 5.75 Å². The standard InChI is InChI=1S/C17H29BO4/c1-7-8-9-21-15-11-13(2)10-14(12-15)18(20)22-17(5,6)16(3,4)19/h10-12,19-20H,7-9H2,1-6H3. The summed E-state index contributed by atoms with van der Waals surface area (Å²) in [5.74, 6) is 0.729. The van der Waals surface area contributed by atoms with E-state index < -0.39 is 18.3 Å².